The lowest BCUT2D eigenvalue weighted by Gasteiger charge is -2.33. The van der Waals surface area contributed by atoms with Gasteiger partial charge in [0.25, 0.3) is 5.91 Å². The molecule has 7 nitrogen and oxygen atoms in total. The van der Waals surface area contributed by atoms with Gasteiger partial charge in [-0.05, 0) is 31.6 Å². The van der Waals surface area contributed by atoms with Crippen LogP contribution in [0.1, 0.15) is 43.0 Å². The Morgan fingerprint density at radius 1 is 1.40 bits per heavy atom. The van der Waals surface area contributed by atoms with Gasteiger partial charge in [0.05, 0.1) is 25.5 Å². The number of carbonyl (C=O) groups excluding carboxylic acids is 1. The molecule has 136 valence electrons. The number of nitrogens with zero attached hydrogens (tertiary/aromatic N) is 4. The normalized spacial score (nSPS) is 25.8. The first kappa shape index (κ1) is 16.7. The third-order valence-corrected chi connectivity index (χ3v) is 5.21. The van der Waals surface area contributed by atoms with Crippen molar-refractivity contribution >= 4 is 5.91 Å². The second kappa shape index (κ2) is 7.25. The topological polar surface area (TPSA) is 69.5 Å². The van der Waals surface area contributed by atoms with Crippen molar-refractivity contribution in [2.75, 3.05) is 26.4 Å². The number of rotatable bonds is 7. The van der Waals surface area contributed by atoms with Gasteiger partial charge >= 0.3 is 0 Å². The zero-order valence-electron chi connectivity index (χ0n) is 14.6. The van der Waals surface area contributed by atoms with E-state index in [9.17, 15) is 4.79 Å². The summed E-state index contributed by atoms with van der Waals surface area (Å²) < 4.78 is 13.3. The molecule has 1 aromatic heterocycles. The number of ether oxygens (including phenoxy) is 2. The largest absolute Gasteiger partial charge is 0.377 e. The molecule has 2 aliphatic heterocycles. The minimum Gasteiger partial charge on any atom is -0.377 e. The van der Waals surface area contributed by atoms with Crippen molar-refractivity contribution < 1.29 is 14.3 Å². The van der Waals surface area contributed by atoms with Crippen LogP contribution in [0.25, 0.3) is 0 Å². The average Bonchev–Trinajstić information content (AvgIpc) is 3.10. The SMILES string of the molecule is C=CCOCC1CN(C(=O)[C@H]2CCCO2)Cc2nnn(CC3CC3)c21. The van der Waals surface area contributed by atoms with E-state index in [1.54, 1.807) is 6.08 Å². The van der Waals surface area contributed by atoms with Gasteiger partial charge in [-0.2, -0.15) is 0 Å². The van der Waals surface area contributed by atoms with Crippen LogP contribution in [0.15, 0.2) is 12.7 Å². The van der Waals surface area contributed by atoms with Crippen LogP contribution in [0.3, 0.4) is 0 Å². The number of carbonyl (C=O) groups is 1. The summed E-state index contributed by atoms with van der Waals surface area (Å²) in [6, 6.07) is 0. The Bertz CT molecular complexity index is 634. The number of fused-ring (bicyclic) bond motifs is 1. The van der Waals surface area contributed by atoms with Crippen LogP contribution in [0.5, 0.6) is 0 Å². The monoisotopic (exact) mass is 346 g/mol. The summed E-state index contributed by atoms with van der Waals surface area (Å²) >= 11 is 0. The molecule has 0 spiro atoms. The molecular weight excluding hydrogens is 320 g/mol. The lowest BCUT2D eigenvalue weighted by atomic mass is 9.98. The first-order valence-electron chi connectivity index (χ1n) is 9.27. The van der Waals surface area contributed by atoms with Crippen LogP contribution in [0.4, 0.5) is 0 Å². The number of hydrogen-bond donors (Lipinski definition) is 0. The lowest BCUT2D eigenvalue weighted by Crippen LogP contribution is -2.44. The van der Waals surface area contributed by atoms with Crippen LogP contribution in [0, 0.1) is 5.92 Å². The Balaban J connectivity index is 1.53. The highest BCUT2D eigenvalue weighted by Gasteiger charge is 2.37. The molecule has 1 saturated heterocycles. The van der Waals surface area contributed by atoms with Crippen molar-refractivity contribution in [3.05, 3.63) is 24.0 Å². The maximum atomic E-state index is 12.8. The van der Waals surface area contributed by atoms with Gasteiger partial charge < -0.3 is 14.4 Å². The molecular formula is C18H26N4O3. The first-order chi connectivity index (χ1) is 12.3. The van der Waals surface area contributed by atoms with Crippen molar-refractivity contribution in [3.8, 4) is 0 Å². The first-order valence-corrected chi connectivity index (χ1v) is 9.27. The Morgan fingerprint density at radius 3 is 3.00 bits per heavy atom. The van der Waals surface area contributed by atoms with Gasteiger partial charge in [-0.25, -0.2) is 4.68 Å². The molecule has 2 fully saturated rings. The van der Waals surface area contributed by atoms with Crippen molar-refractivity contribution in [1.29, 1.82) is 0 Å². The van der Waals surface area contributed by atoms with Gasteiger partial charge in [-0.1, -0.05) is 11.3 Å². The van der Waals surface area contributed by atoms with Crippen molar-refractivity contribution in [1.82, 2.24) is 19.9 Å². The third kappa shape index (κ3) is 3.62. The summed E-state index contributed by atoms with van der Waals surface area (Å²) in [5.41, 5.74) is 2.05. The zero-order chi connectivity index (χ0) is 17.2. The van der Waals surface area contributed by atoms with Gasteiger partial charge in [-0.3, -0.25) is 4.79 Å². The smallest absolute Gasteiger partial charge is 0.252 e. The molecule has 25 heavy (non-hydrogen) atoms. The summed E-state index contributed by atoms with van der Waals surface area (Å²) in [6.45, 7) is 7.53. The van der Waals surface area contributed by atoms with Crippen molar-refractivity contribution in [2.45, 2.75) is 50.8 Å². The van der Waals surface area contributed by atoms with Crippen LogP contribution >= 0.6 is 0 Å². The maximum Gasteiger partial charge on any atom is 0.252 e. The van der Waals surface area contributed by atoms with E-state index in [2.05, 4.69) is 16.9 Å². The standard InChI is InChI=1S/C18H26N4O3/c1-2-7-24-12-14-10-21(18(23)16-4-3-8-25-16)11-15-17(14)22(20-19-15)9-13-5-6-13/h2,13-14,16H,1,3-12H2/t14?,16-/m1/s1. The molecule has 4 rings (SSSR count). The van der Waals surface area contributed by atoms with Crippen LogP contribution in [0.2, 0.25) is 0 Å². The summed E-state index contributed by atoms with van der Waals surface area (Å²) in [7, 11) is 0. The minimum absolute atomic E-state index is 0.0774. The average molecular weight is 346 g/mol. The summed E-state index contributed by atoms with van der Waals surface area (Å²) in [4.78, 5) is 14.6. The highest BCUT2D eigenvalue weighted by molar-refractivity contribution is 5.81. The molecule has 1 amide bonds. The number of hydrogen-bond acceptors (Lipinski definition) is 5. The summed E-state index contributed by atoms with van der Waals surface area (Å²) in [5, 5.41) is 8.75. The highest BCUT2D eigenvalue weighted by Crippen LogP contribution is 2.34. The van der Waals surface area contributed by atoms with Crippen LogP contribution in [-0.2, 0) is 27.4 Å². The zero-order valence-corrected chi connectivity index (χ0v) is 14.6. The van der Waals surface area contributed by atoms with E-state index >= 15 is 0 Å². The van der Waals surface area contributed by atoms with Gasteiger partial charge in [0.15, 0.2) is 0 Å². The van der Waals surface area contributed by atoms with Gasteiger partial charge in [0.2, 0.25) is 0 Å². The van der Waals surface area contributed by atoms with Crippen LogP contribution in [-0.4, -0.2) is 58.3 Å². The molecule has 1 unspecified atom stereocenters. The fourth-order valence-electron chi connectivity index (χ4n) is 3.76. The fraction of sp³-hybridized carbons (Fsp3) is 0.722. The fourth-order valence-corrected chi connectivity index (χ4v) is 3.76. The van der Waals surface area contributed by atoms with E-state index < -0.39 is 0 Å². The molecule has 1 aliphatic carbocycles. The molecule has 0 bridgehead atoms. The Hall–Kier alpha value is -1.73. The van der Waals surface area contributed by atoms with Crippen molar-refractivity contribution in [2.24, 2.45) is 5.92 Å². The van der Waals surface area contributed by atoms with E-state index in [0.717, 1.165) is 36.7 Å². The Labute approximate surface area is 148 Å². The van der Waals surface area contributed by atoms with E-state index in [-0.39, 0.29) is 17.9 Å². The molecule has 1 aromatic rings. The summed E-state index contributed by atoms with van der Waals surface area (Å²) in [5.74, 6) is 0.906. The second-order valence-corrected chi connectivity index (χ2v) is 7.29. The lowest BCUT2D eigenvalue weighted by molar-refractivity contribution is -0.142. The maximum absolute atomic E-state index is 12.8. The number of aromatic nitrogens is 3. The van der Waals surface area contributed by atoms with E-state index in [1.165, 1.54) is 12.8 Å². The Kier molecular flexibility index (Phi) is 4.85. The molecule has 2 atom stereocenters. The predicted octanol–water partition coefficient (Wildman–Crippen LogP) is 1.50. The molecule has 3 heterocycles. The van der Waals surface area contributed by atoms with Crippen LogP contribution < -0.4 is 0 Å². The van der Waals surface area contributed by atoms with E-state index in [4.69, 9.17) is 9.47 Å². The van der Waals surface area contributed by atoms with E-state index in [0.29, 0.717) is 32.9 Å². The molecule has 7 heteroatoms. The molecule has 0 radical (unpaired) electrons. The molecule has 0 aromatic carbocycles. The highest BCUT2D eigenvalue weighted by atomic mass is 16.5. The number of amides is 1. The van der Waals surface area contributed by atoms with Gasteiger partial charge in [0, 0.05) is 25.6 Å². The second-order valence-electron chi connectivity index (χ2n) is 7.29. The van der Waals surface area contributed by atoms with Gasteiger partial charge in [-0.15, -0.1) is 11.7 Å². The van der Waals surface area contributed by atoms with Gasteiger partial charge in [0.1, 0.15) is 11.8 Å². The molecule has 3 aliphatic rings. The Morgan fingerprint density at radius 2 is 2.28 bits per heavy atom. The molecule has 1 saturated carbocycles. The van der Waals surface area contributed by atoms with Crippen molar-refractivity contribution in [3.63, 3.8) is 0 Å². The summed E-state index contributed by atoms with van der Waals surface area (Å²) in [6.07, 6.45) is 5.77. The third-order valence-electron chi connectivity index (χ3n) is 5.21. The minimum atomic E-state index is -0.294. The van der Waals surface area contributed by atoms with E-state index in [1.807, 2.05) is 9.58 Å². The predicted molar refractivity (Wildman–Crippen MR) is 90.9 cm³/mol. The molecule has 0 N–H and O–H groups in total. The quantitative estimate of drug-likeness (QED) is 0.553.